The summed E-state index contributed by atoms with van der Waals surface area (Å²) < 4.78 is 44.6. The molecule has 1 aliphatic rings. The number of halogens is 4. The average molecular weight is 369 g/mol. The van der Waals surface area contributed by atoms with Crippen molar-refractivity contribution in [3.8, 4) is 0 Å². The molecule has 0 N–H and O–H groups in total. The molecule has 2 aromatic rings. The molecule has 1 heterocycles. The second kappa shape index (κ2) is 7.06. The van der Waals surface area contributed by atoms with Crippen LogP contribution in [0.15, 0.2) is 53.5 Å². The minimum atomic E-state index is -4.37. The van der Waals surface area contributed by atoms with Crippen LogP contribution in [-0.2, 0) is 4.74 Å². The molecule has 0 radical (unpaired) electrons. The normalized spacial score (nSPS) is 17.7. The fourth-order valence-electron chi connectivity index (χ4n) is 2.88. The number of aliphatic imine (C=N–C) groups is 1. The standard InChI is InChI=1S/C18H16ClF3N2O/c1-25-16-10-23-17(12-5-3-2-4-6-12)14-9-13(19)7-8-15(14)24(16)11-18(20,21)22/h2-9,16H,10-11H2,1H3. The van der Waals surface area contributed by atoms with Crippen LogP contribution < -0.4 is 4.90 Å². The zero-order chi connectivity index (χ0) is 18.0. The van der Waals surface area contributed by atoms with Crippen molar-refractivity contribution in [1.82, 2.24) is 0 Å². The maximum atomic E-state index is 13.1. The smallest absolute Gasteiger partial charge is 0.360 e. The number of ether oxygens (including phenoxy) is 1. The first kappa shape index (κ1) is 17.8. The Morgan fingerprint density at radius 1 is 1.20 bits per heavy atom. The van der Waals surface area contributed by atoms with Crippen LogP contribution >= 0.6 is 11.6 Å². The van der Waals surface area contributed by atoms with Crippen molar-refractivity contribution < 1.29 is 17.9 Å². The van der Waals surface area contributed by atoms with Gasteiger partial charge in [-0.3, -0.25) is 4.99 Å². The van der Waals surface area contributed by atoms with Gasteiger partial charge in [0.25, 0.3) is 0 Å². The third-order valence-corrected chi connectivity index (χ3v) is 4.18. The highest BCUT2D eigenvalue weighted by Gasteiger charge is 2.36. The highest BCUT2D eigenvalue weighted by Crippen LogP contribution is 2.33. The third-order valence-electron chi connectivity index (χ3n) is 3.95. The van der Waals surface area contributed by atoms with E-state index in [2.05, 4.69) is 4.99 Å². The zero-order valence-electron chi connectivity index (χ0n) is 13.4. The van der Waals surface area contributed by atoms with Gasteiger partial charge in [0.1, 0.15) is 12.8 Å². The Balaban J connectivity index is 2.16. The van der Waals surface area contributed by atoms with E-state index in [1.165, 1.54) is 12.0 Å². The van der Waals surface area contributed by atoms with Gasteiger partial charge in [0.15, 0.2) is 0 Å². The summed E-state index contributed by atoms with van der Waals surface area (Å²) in [4.78, 5) is 5.72. The number of alkyl halides is 3. The van der Waals surface area contributed by atoms with Gasteiger partial charge in [-0.1, -0.05) is 41.9 Å². The van der Waals surface area contributed by atoms with Gasteiger partial charge < -0.3 is 9.64 Å². The van der Waals surface area contributed by atoms with Crippen LogP contribution in [0, 0.1) is 0 Å². The van der Waals surface area contributed by atoms with Crippen LogP contribution in [0.1, 0.15) is 11.1 Å². The Bertz CT molecular complexity index is 778. The lowest BCUT2D eigenvalue weighted by atomic mass is 10.00. The van der Waals surface area contributed by atoms with Crippen molar-refractivity contribution >= 4 is 23.0 Å². The summed E-state index contributed by atoms with van der Waals surface area (Å²) in [5.41, 5.74) is 2.37. The number of hydrogen-bond donors (Lipinski definition) is 0. The van der Waals surface area contributed by atoms with Gasteiger partial charge in [-0.2, -0.15) is 13.2 Å². The molecule has 1 unspecified atom stereocenters. The number of methoxy groups -OCH3 is 1. The number of nitrogens with zero attached hydrogens (tertiary/aromatic N) is 2. The summed E-state index contributed by atoms with van der Waals surface area (Å²) in [6.45, 7) is -1.04. The molecule has 0 amide bonds. The highest BCUT2D eigenvalue weighted by atomic mass is 35.5. The molecule has 0 aromatic heterocycles. The number of hydrogen-bond acceptors (Lipinski definition) is 3. The second-order valence-electron chi connectivity index (χ2n) is 5.65. The molecule has 1 aliphatic heterocycles. The maximum Gasteiger partial charge on any atom is 0.406 e. The van der Waals surface area contributed by atoms with Gasteiger partial charge in [0, 0.05) is 28.9 Å². The van der Waals surface area contributed by atoms with Crippen molar-refractivity contribution in [1.29, 1.82) is 0 Å². The van der Waals surface area contributed by atoms with Crippen LogP contribution in [0.25, 0.3) is 0 Å². The number of anilines is 1. The Morgan fingerprint density at radius 3 is 2.56 bits per heavy atom. The predicted molar refractivity (Wildman–Crippen MR) is 92.6 cm³/mol. The molecule has 1 atom stereocenters. The lowest BCUT2D eigenvalue weighted by molar-refractivity contribution is -0.124. The molecule has 25 heavy (non-hydrogen) atoms. The zero-order valence-corrected chi connectivity index (χ0v) is 14.2. The highest BCUT2D eigenvalue weighted by molar-refractivity contribution is 6.31. The van der Waals surface area contributed by atoms with Crippen molar-refractivity contribution in [2.75, 3.05) is 25.1 Å². The molecule has 7 heteroatoms. The summed E-state index contributed by atoms with van der Waals surface area (Å²) in [5, 5.41) is 0.435. The van der Waals surface area contributed by atoms with Gasteiger partial charge in [-0.05, 0) is 18.2 Å². The Hall–Kier alpha value is -2.05. The fourth-order valence-corrected chi connectivity index (χ4v) is 3.05. The van der Waals surface area contributed by atoms with Crippen LogP contribution in [0.3, 0.4) is 0 Å². The monoisotopic (exact) mass is 368 g/mol. The minimum absolute atomic E-state index is 0.0864. The van der Waals surface area contributed by atoms with Gasteiger partial charge in [0.2, 0.25) is 0 Å². The number of rotatable bonds is 3. The van der Waals surface area contributed by atoms with E-state index < -0.39 is 18.9 Å². The SMILES string of the molecule is COC1CN=C(c2ccccc2)c2cc(Cl)ccc2N1CC(F)(F)F. The maximum absolute atomic E-state index is 13.1. The third kappa shape index (κ3) is 3.96. The molecule has 3 nitrogen and oxygen atoms in total. The Kier molecular flexibility index (Phi) is 5.01. The van der Waals surface area contributed by atoms with E-state index in [0.717, 1.165) is 5.56 Å². The topological polar surface area (TPSA) is 24.8 Å². The first-order valence-corrected chi connectivity index (χ1v) is 8.03. The average Bonchev–Trinajstić information content (AvgIpc) is 2.71. The summed E-state index contributed by atoms with van der Waals surface area (Å²) in [7, 11) is 1.38. The summed E-state index contributed by atoms with van der Waals surface area (Å²) in [5.74, 6) is 0. The minimum Gasteiger partial charge on any atom is -0.360 e. The van der Waals surface area contributed by atoms with Gasteiger partial charge in [0.05, 0.1) is 12.3 Å². The molecule has 0 saturated heterocycles. The molecule has 0 fully saturated rings. The predicted octanol–water partition coefficient (Wildman–Crippen LogP) is 4.53. The van der Waals surface area contributed by atoms with E-state index in [9.17, 15) is 13.2 Å². The molecule has 0 bridgehead atoms. The van der Waals surface area contributed by atoms with Crippen molar-refractivity contribution in [2.45, 2.75) is 12.4 Å². The first-order valence-electron chi connectivity index (χ1n) is 7.65. The van der Waals surface area contributed by atoms with Gasteiger partial charge in [-0.25, -0.2) is 0 Å². The van der Waals surface area contributed by atoms with Crippen LogP contribution in [0.4, 0.5) is 18.9 Å². The lowest BCUT2D eigenvalue weighted by Gasteiger charge is -2.32. The van der Waals surface area contributed by atoms with Crippen molar-refractivity contribution in [3.63, 3.8) is 0 Å². The second-order valence-corrected chi connectivity index (χ2v) is 6.09. The molecule has 0 saturated carbocycles. The van der Waals surface area contributed by atoms with Gasteiger partial charge >= 0.3 is 6.18 Å². The number of benzodiazepines with no additional fused rings is 1. The number of fused-ring (bicyclic) bond motifs is 1. The lowest BCUT2D eigenvalue weighted by Crippen LogP contribution is -2.44. The molecule has 0 spiro atoms. The fraction of sp³-hybridized carbons (Fsp3) is 0.278. The summed E-state index contributed by atoms with van der Waals surface area (Å²) in [6.07, 6.45) is -5.19. The van der Waals surface area contributed by atoms with Crippen LogP contribution in [0.5, 0.6) is 0 Å². The van der Waals surface area contributed by atoms with Crippen molar-refractivity contribution in [3.05, 3.63) is 64.7 Å². The summed E-state index contributed by atoms with van der Waals surface area (Å²) >= 11 is 6.11. The molecular formula is C18H16ClF3N2O. The van der Waals surface area contributed by atoms with E-state index in [1.807, 2.05) is 30.3 Å². The van der Waals surface area contributed by atoms with E-state index in [-0.39, 0.29) is 6.54 Å². The quantitative estimate of drug-likeness (QED) is 0.795. The largest absolute Gasteiger partial charge is 0.406 e. The summed E-state index contributed by atoms with van der Waals surface area (Å²) in [6, 6.07) is 14.1. The van der Waals surface area contributed by atoms with Crippen molar-refractivity contribution in [2.24, 2.45) is 4.99 Å². The molecule has 132 valence electrons. The van der Waals surface area contributed by atoms with Gasteiger partial charge in [-0.15, -0.1) is 0 Å². The van der Waals surface area contributed by atoms with Crippen LogP contribution in [0.2, 0.25) is 5.02 Å². The van der Waals surface area contributed by atoms with E-state index in [1.54, 1.807) is 18.2 Å². The molecule has 0 aliphatic carbocycles. The van der Waals surface area contributed by atoms with E-state index in [4.69, 9.17) is 16.3 Å². The molecule has 2 aromatic carbocycles. The first-order chi connectivity index (χ1) is 11.9. The number of benzene rings is 2. The molecule has 3 rings (SSSR count). The Morgan fingerprint density at radius 2 is 1.92 bits per heavy atom. The van der Waals surface area contributed by atoms with E-state index >= 15 is 0 Å². The Labute approximate surface area is 148 Å². The molecular weight excluding hydrogens is 353 g/mol. The van der Waals surface area contributed by atoms with E-state index in [0.29, 0.717) is 22.0 Å². The van der Waals surface area contributed by atoms with Crippen LogP contribution in [-0.4, -0.2) is 38.3 Å².